The number of fused-ring (bicyclic) bond motifs is 2. The Hall–Kier alpha value is -3.17. The van der Waals surface area contributed by atoms with Crippen molar-refractivity contribution in [2.75, 3.05) is 17.2 Å². The minimum atomic E-state index is -0.437. The summed E-state index contributed by atoms with van der Waals surface area (Å²) in [4.78, 5) is 42.8. The molecule has 0 spiro atoms. The van der Waals surface area contributed by atoms with Crippen molar-refractivity contribution in [2.45, 2.75) is 24.5 Å². The van der Waals surface area contributed by atoms with Crippen molar-refractivity contribution < 1.29 is 9.72 Å². The molecule has 0 bridgehead atoms. The van der Waals surface area contributed by atoms with Crippen LogP contribution in [0.15, 0.2) is 59.0 Å². The molecule has 0 aliphatic carbocycles. The average molecular weight is 471 g/mol. The first-order valence-electron chi connectivity index (χ1n) is 9.90. The number of hydrogen-bond acceptors (Lipinski definition) is 6. The second-order valence-electron chi connectivity index (χ2n) is 7.27. The number of nitro benzene ring substituents is 1. The van der Waals surface area contributed by atoms with Crippen molar-refractivity contribution in [2.24, 2.45) is 0 Å². The zero-order valence-electron chi connectivity index (χ0n) is 17.0. The van der Waals surface area contributed by atoms with E-state index in [1.807, 2.05) is 0 Å². The zero-order valence-corrected chi connectivity index (χ0v) is 18.6. The van der Waals surface area contributed by atoms with Gasteiger partial charge in [0.25, 0.3) is 11.2 Å². The van der Waals surface area contributed by atoms with Gasteiger partial charge in [-0.25, -0.2) is 4.98 Å². The molecular formula is C22H19ClN4O4S. The molecule has 4 rings (SSSR count). The van der Waals surface area contributed by atoms with Crippen LogP contribution >= 0.6 is 23.4 Å². The molecule has 1 amide bonds. The summed E-state index contributed by atoms with van der Waals surface area (Å²) in [6.07, 6.45) is 3.00. The lowest BCUT2D eigenvalue weighted by Crippen LogP contribution is -2.37. The van der Waals surface area contributed by atoms with Crippen molar-refractivity contribution in [1.29, 1.82) is 0 Å². The molecular weight excluding hydrogens is 452 g/mol. The molecule has 3 aromatic rings. The molecule has 1 aliphatic rings. The van der Waals surface area contributed by atoms with Gasteiger partial charge in [0.05, 0.1) is 21.6 Å². The Kier molecular flexibility index (Phi) is 6.29. The average Bonchev–Trinajstić information content (AvgIpc) is 2.78. The number of hydrogen-bond donors (Lipinski definition) is 0. The summed E-state index contributed by atoms with van der Waals surface area (Å²) in [7, 11) is 0. The van der Waals surface area contributed by atoms with E-state index in [0.717, 1.165) is 12.0 Å². The number of carbonyl (C=O) groups excluding carboxylic acids is 1. The SMILES string of the molecule is C=CCn1c(SCC(=O)N2CCCc3cc([N+](=O)[O-])ccc32)nc2cc(Cl)ccc2c1=O. The number of nitro groups is 1. The predicted molar refractivity (Wildman–Crippen MR) is 126 cm³/mol. The maximum absolute atomic E-state index is 13.0. The van der Waals surface area contributed by atoms with Crippen LogP contribution in [0.3, 0.4) is 0 Å². The number of aromatic nitrogens is 2. The number of halogens is 1. The first-order chi connectivity index (χ1) is 15.4. The molecule has 0 saturated heterocycles. The van der Waals surface area contributed by atoms with Gasteiger partial charge >= 0.3 is 0 Å². The summed E-state index contributed by atoms with van der Waals surface area (Å²) in [5, 5.41) is 12.4. The standard InChI is InChI=1S/C22H19ClN4O4S/c1-2-9-26-21(29)17-7-5-15(23)12-18(17)24-22(26)32-13-20(28)25-10-3-4-14-11-16(27(30)31)6-8-19(14)25/h2,5-8,11-12H,1,3-4,9-10,13H2. The highest BCUT2D eigenvalue weighted by atomic mass is 35.5. The topological polar surface area (TPSA) is 98.3 Å². The van der Waals surface area contributed by atoms with E-state index in [0.29, 0.717) is 39.7 Å². The van der Waals surface area contributed by atoms with Gasteiger partial charge in [0.15, 0.2) is 5.16 Å². The second-order valence-corrected chi connectivity index (χ2v) is 8.65. The highest BCUT2D eigenvalue weighted by Gasteiger charge is 2.25. The molecule has 2 aromatic carbocycles. The lowest BCUT2D eigenvalue weighted by atomic mass is 10.0. The van der Waals surface area contributed by atoms with Gasteiger partial charge in [-0.3, -0.25) is 24.3 Å². The number of thioether (sulfide) groups is 1. The largest absolute Gasteiger partial charge is 0.311 e. The Balaban J connectivity index is 1.61. The molecule has 0 saturated carbocycles. The predicted octanol–water partition coefficient (Wildman–Crippen LogP) is 4.22. The number of benzene rings is 2. The van der Waals surface area contributed by atoms with Crippen molar-refractivity contribution in [3.63, 3.8) is 0 Å². The summed E-state index contributed by atoms with van der Waals surface area (Å²) >= 11 is 7.23. The Morgan fingerprint density at radius 1 is 1.31 bits per heavy atom. The van der Waals surface area contributed by atoms with Gasteiger partial charge in [0.1, 0.15) is 0 Å². The molecule has 164 valence electrons. The maximum Gasteiger partial charge on any atom is 0.269 e. The normalized spacial score (nSPS) is 13.1. The van der Waals surface area contributed by atoms with Crippen LogP contribution in [0, 0.1) is 10.1 Å². The van der Waals surface area contributed by atoms with Gasteiger partial charge in [-0.2, -0.15) is 0 Å². The fourth-order valence-corrected chi connectivity index (χ4v) is 4.79. The number of rotatable bonds is 6. The maximum atomic E-state index is 13.0. The second kappa shape index (κ2) is 9.13. The lowest BCUT2D eigenvalue weighted by Gasteiger charge is -2.29. The van der Waals surface area contributed by atoms with E-state index < -0.39 is 4.92 Å². The minimum absolute atomic E-state index is 0.0138. The Labute approximate surface area is 192 Å². The van der Waals surface area contributed by atoms with E-state index in [2.05, 4.69) is 11.6 Å². The molecule has 10 heteroatoms. The quantitative estimate of drug-likeness (QED) is 0.176. The van der Waals surface area contributed by atoms with E-state index in [1.165, 1.54) is 28.5 Å². The molecule has 0 unspecified atom stereocenters. The number of allylic oxidation sites excluding steroid dienone is 1. The van der Waals surface area contributed by atoms with Crippen LogP contribution in [0.25, 0.3) is 10.9 Å². The first kappa shape index (κ1) is 22.0. The Morgan fingerprint density at radius 3 is 2.88 bits per heavy atom. The number of amides is 1. The van der Waals surface area contributed by atoms with E-state index in [4.69, 9.17) is 11.6 Å². The Bertz CT molecular complexity index is 1310. The third kappa shape index (κ3) is 4.26. The van der Waals surface area contributed by atoms with Crippen molar-refractivity contribution >= 4 is 51.5 Å². The molecule has 2 heterocycles. The van der Waals surface area contributed by atoms with Crippen LogP contribution in [0.1, 0.15) is 12.0 Å². The Morgan fingerprint density at radius 2 is 2.12 bits per heavy atom. The van der Waals surface area contributed by atoms with Crippen LogP contribution in [0.4, 0.5) is 11.4 Å². The van der Waals surface area contributed by atoms with E-state index in [-0.39, 0.29) is 29.5 Å². The third-order valence-electron chi connectivity index (χ3n) is 5.21. The summed E-state index contributed by atoms with van der Waals surface area (Å²) in [5.74, 6) is -0.0955. The minimum Gasteiger partial charge on any atom is -0.311 e. The van der Waals surface area contributed by atoms with Gasteiger partial charge in [0, 0.05) is 35.9 Å². The smallest absolute Gasteiger partial charge is 0.269 e. The fraction of sp³-hybridized carbons (Fsp3) is 0.227. The van der Waals surface area contributed by atoms with Crippen molar-refractivity contribution in [3.8, 4) is 0 Å². The number of aryl methyl sites for hydroxylation is 1. The first-order valence-corrected chi connectivity index (χ1v) is 11.3. The van der Waals surface area contributed by atoms with E-state index in [9.17, 15) is 19.7 Å². The highest BCUT2D eigenvalue weighted by molar-refractivity contribution is 7.99. The van der Waals surface area contributed by atoms with Gasteiger partial charge in [0.2, 0.25) is 5.91 Å². The number of nitrogens with zero attached hydrogens (tertiary/aromatic N) is 4. The van der Waals surface area contributed by atoms with Gasteiger partial charge in [-0.15, -0.1) is 6.58 Å². The molecule has 8 nitrogen and oxygen atoms in total. The summed E-state index contributed by atoms with van der Waals surface area (Å²) in [6, 6.07) is 9.46. The van der Waals surface area contributed by atoms with Crippen LogP contribution < -0.4 is 10.5 Å². The molecule has 0 N–H and O–H groups in total. The lowest BCUT2D eigenvalue weighted by molar-refractivity contribution is -0.384. The monoisotopic (exact) mass is 470 g/mol. The van der Waals surface area contributed by atoms with Crippen LogP contribution in [-0.4, -0.2) is 32.7 Å². The van der Waals surface area contributed by atoms with E-state index in [1.54, 1.807) is 35.2 Å². The third-order valence-corrected chi connectivity index (χ3v) is 6.41. The summed E-state index contributed by atoms with van der Waals surface area (Å²) < 4.78 is 1.48. The molecule has 32 heavy (non-hydrogen) atoms. The molecule has 1 aromatic heterocycles. The van der Waals surface area contributed by atoms with E-state index >= 15 is 0 Å². The molecule has 0 radical (unpaired) electrons. The number of carbonyl (C=O) groups is 1. The molecule has 0 fully saturated rings. The zero-order chi connectivity index (χ0) is 22.8. The molecule has 1 aliphatic heterocycles. The summed E-state index contributed by atoms with van der Waals surface area (Å²) in [6.45, 7) is 4.50. The fourth-order valence-electron chi connectivity index (χ4n) is 3.73. The van der Waals surface area contributed by atoms with Gasteiger partial charge < -0.3 is 4.90 Å². The number of non-ortho nitro benzene ring substituents is 1. The van der Waals surface area contributed by atoms with Gasteiger partial charge in [-0.1, -0.05) is 29.4 Å². The summed E-state index contributed by atoms with van der Waals surface area (Å²) in [5.41, 5.74) is 1.73. The van der Waals surface area contributed by atoms with Crippen LogP contribution in [0.5, 0.6) is 0 Å². The van der Waals surface area contributed by atoms with Crippen LogP contribution in [0.2, 0.25) is 5.02 Å². The van der Waals surface area contributed by atoms with Crippen molar-refractivity contribution in [1.82, 2.24) is 9.55 Å². The van der Waals surface area contributed by atoms with Crippen LogP contribution in [-0.2, 0) is 17.8 Å². The van der Waals surface area contributed by atoms with Crippen molar-refractivity contribution in [3.05, 3.63) is 80.1 Å². The number of anilines is 1. The van der Waals surface area contributed by atoms with Gasteiger partial charge in [-0.05, 0) is 42.7 Å². The highest BCUT2D eigenvalue weighted by Crippen LogP contribution is 2.31. The molecule has 0 atom stereocenters.